The molecule has 0 bridgehead atoms. The molecule has 2 nitrogen and oxygen atoms in total. The molecule has 2 heteroatoms. The molecule has 0 aromatic rings. The van der Waals surface area contributed by atoms with Crippen molar-refractivity contribution >= 4 is 0 Å². The first kappa shape index (κ1) is 47.9. The van der Waals surface area contributed by atoms with Crippen LogP contribution >= 0.6 is 0 Å². The van der Waals surface area contributed by atoms with Crippen molar-refractivity contribution in [2.75, 3.05) is 19.7 Å². The van der Waals surface area contributed by atoms with Crippen LogP contribution in [0.15, 0.2) is 0 Å². The first-order chi connectivity index (χ1) is 23.8. The fourth-order valence-corrected chi connectivity index (χ4v) is 7.75. The van der Waals surface area contributed by atoms with Gasteiger partial charge in [-0.25, -0.2) is 0 Å². The molecule has 48 heavy (non-hydrogen) atoms. The first-order valence-corrected chi connectivity index (χ1v) is 23.1. The Hall–Kier alpha value is -0.0800. The average Bonchev–Trinajstić information content (AvgIpc) is 3.10. The van der Waals surface area contributed by atoms with Crippen molar-refractivity contribution < 1.29 is 5.11 Å². The van der Waals surface area contributed by atoms with E-state index in [2.05, 4.69) is 25.7 Å². The van der Waals surface area contributed by atoms with E-state index >= 15 is 0 Å². The van der Waals surface area contributed by atoms with Gasteiger partial charge in [0, 0.05) is 6.04 Å². The van der Waals surface area contributed by atoms with Crippen molar-refractivity contribution in [1.82, 2.24) is 4.90 Å². The highest BCUT2D eigenvalue weighted by Crippen LogP contribution is 2.18. The van der Waals surface area contributed by atoms with Gasteiger partial charge in [0.15, 0.2) is 0 Å². The normalized spacial score (nSPS) is 12.4. The Bertz CT molecular complexity index is 514. The van der Waals surface area contributed by atoms with Crippen LogP contribution in [-0.2, 0) is 0 Å². The lowest BCUT2D eigenvalue weighted by atomic mass is 10.0. The summed E-state index contributed by atoms with van der Waals surface area (Å²) in [5, 5.41) is 10.4. The lowest BCUT2D eigenvalue weighted by Gasteiger charge is -2.31. The van der Waals surface area contributed by atoms with Crippen LogP contribution in [0.2, 0.25) is 0 Å². The quantitative estimate of drug-likeness (QED) is 0.0649. The smallest absolute Gasteiger partial charge is 0.0586 e. The molecule has 0 aromatic heterocycles. The minimum Gasteiger partial charge on any atom is -0.395 e. The van der Waals surface area contributed by atoms with Crippen LogP contribution in [0.25, 0.3) is 0 Å². The number of hydrogen-bond acceptors (Lipinski definition) is 2. The fourth-order valence-electron chi connectivity index (χ4n) is 7.75. The number of aliphatic hydroxyl groups excluding tert-OH is 1. The lowest BCUT2D eigenvalue weighted by molar-refractivity contribution is 0.110. The minimum atomic E-state index is 0.354. The van der Waals surface area contributed by atoms with Gasteiger partial charge in [-0.3, -0.25) is 4.90 Å². The van der Waals surface area contributed by atoms with E-state index < -0.39 is 0 Å². The predicted octanol–water partition coefficient (Wildman–Crippen LogP) is 15.9. The summed E-state index contributed by atoms with van der Waals surface area (Å²) in [5.41, 5.74) is 0. The molecule has 0 spiro atoms. The van der Waals surface area contributed by atoms with E-state index in [1.165, 1.54) is 264 Å². The third-order valence-corrected chi connectivity index (χ3v) is 11.2. The van der Waals surface area contributed by atoms with E-state index in [9.17, 15) is 5.11 Å². The second kappa shape index (κ2) is 43.1. The van der Waals surface area contributed by atoms with Gasteiger partial charge >= 0.3 is 0 Å². The summed E-state index contributed by atoms with van der Waals surface area (Å²) in [5.74, 6) is 0. The summed E-state index contributed by atoms with van der Waals surface area (Å²) in [6.45, 7) is 9.69. The Morgan fingerprint density at radius 2 is 0.500 bits per heavy atom. The molecule has 0 aliphatic heterocycles. The van der Waals surface area contributed by atoms with Gasteiger partial charge in [-0.15, -0.1) is 0 Å². The highest BCUT2D eigenvalue weighted by atomic mass is 16.3. The number of unbranched alkanes of at least 4 members (excludes halogenated alkanes) is 35. The highest BCUT2D eigenvalue weighted by molar-refractivity contribution is 4.72. The van der Waals surface area contributed by atoms with Gasteiger partial charge in [0.1, 0.15) is 0 Å². The van der Waals surface area contributed by atoms with E-state index in [0.717, 1.165) is 0 Å². The summed E-state index contributed by atoms with van der Waals surface area (Å²) < 4.78 is 0. The van der Waals surface area contributed by atoms with E-state index in [4.69, 9.17) is 0 Å². The fraction of sp³-hybridized carbons (Fsp3) is 1.00. The molecule has 0 saturated carbocycles. The Labute approximate surface area is 306 Å². The van der Waals surface area contributed by atoms with Crippen LogP contribution in [-0.4, -0.2) is 35.7 Å². The van der Waals surface area contributed by atoms with Gasteiger partial charge in [0.25, 0.3) is 0 Å². The van der Waals surface area contributed by atoms with Crippen molar-refractivity contribution in [2.24, 2.45) is 0 Å². The SMILES string of the molecule is CCCCCCCCCCCCCCCCCCN(CCCCCCCCCCCCCCCCCC)C(CO)CCCCCCCC. The molecule has 0 aliphatic carbocycles. The van der Waals surface area contributed by atoms with Gasteiger partial charge in [-0.1, -0.05) is 252 Å². The zero-order chi connectivity index (χ0) is 34.9. The summed E-state index contributed by atoms with van der Waals surface area (Å²) in [4.78, 5) is 2.71. The van der Waals surface area contributed by atoms with Crippen LogP contribution < -0.4 is 0 Å². The van der Waals surface area contributed by atoms with E-state index in [0.29, 0.717) is 12.6 Å². The molecule has 1 unspecified atom stereocenters. The van der Waals surface area contributed by atoms with E-state index in [1.54, 1.807) is 0 Å². The molecule has 0 saturated heterocycles. The standard InChI is InChI=1S/C46H95NO/c1-4-7-10-13-16-18-20-22-24-26-28-30-32-34-37-40-43-47(46(45-48)42-39-36-15-12-9-6-3)44-41-38-35-33-31-29-27-25-23-21-19-17-14-11-8-5-2/h46,48H,4-45H2,1-3H3. The maximum absolute atomic E-state index is 10.4. The first-order valence-electron chi connectivity index (χ1n) is 23.1. The molecule has 0 radical (unpaired) electrons. The van der Waals surface area contributed by atoms with Crippen LogP contribution in [0.3, 0.4) is 0 Å². The summed E-state index contributed by atoms with van der Waals surface area (Å²) in [7, 11) is 0. The molecule has 0 aromatic carbocycles. The molecule has 290 valence electrons. The second-order valence-corrected chi connectivity index (χ2v) is 16.0. The molecule has 0 heterocycles. The van der Waals surface area contributed by atoms with Crippen molar-refractivity contribution in [3.8, 4) is 0 Å². The number of nitrogens with zero attached hydrogens (tertiary/aromatic N) is 1. The van der Waals surface area contributed by atoms with Crippen molar-refractivity contribution in [2.45, 2.75) is 277 Å². The summed E-state index contributed by atoms with van der Waals surface area (Å²) in [6.07, 6.45) is 55.2. The van der Waals surface area contributed by atoms with Gasteiger partial charge in [0.2, 0.25) is 0 Å². The van der Waals surface area contributed by atoms with E-state index in [-0.39, 0.29) is 0 Å². The molecule has 0 fully saturated rings. The van der Waals surface area contributed by atoms with Crippen LogP contribution in [0.4, 0.5) is 0 Å². The maximum atomic E-state index is 10.4. The predicted molar refractivity (Wildman–Crippen MR) is 220 cm³/mol. The monoisotopic (exact) mass is 678 g/mol. The third kappa shape index (κ3) is 37.2. The highest BCUT2D eigenvalue weighted by Gasteiger charge is 2.17. The Kier molecular flexibility index (Phi) is 43.0. The van der Waals surface area contributed by atoms with Crippen molar-refractivity contribution in [3.63, 3.8) is 0 Å². The number of hydrogen-bond donors (Lipinski definition) is 1. The number of aliphatic hydroxyl groups is 1. The van der Waals surface area contributed by atoms with Gasteiger partial charge < -0.3 is 5.11 Å². The zero-order valence-electron chi connectivity index (χ0n) is 34.2. The molecular weight excluding hydrogens is 583 g/mol. The Morgan fingerprint density at radius 1 is 0.292 bits per heavy atom. The Balaban J connectivity index is 4.01. The van der Waals surface area contributed by atoms with Crippen molar-refractivity contribution in [1.29, 1.82) is 0 Å². The van der Waals surface area contributed by atoms with Crippen LogP contribution in [0.5, 0.6) is 0 Å². The van der Waals surface area contributed by atoms with Crippen LogP contribution in [0, 0.1) is 0 Å². The topological polar surface area (TPSA) is 23.5 Å². The van der Waals surface area contributed by atoms with Crippen LogP contribution in [0.1, 0.15) is 271 Å². The molecule has 1 N–H and O–H groups in total. The van der Waals surface area contributed by atoms with Gasteiger partial charge in [-0.05, 0) is 32.4 Å². The second-order valence-electron chi connectivity index (χ2n) is 16.0. The minimum absolute atomic E-state index is 0.354. The molecule has 0 amide bonds. The molecule has 0 aliphatic rings. The average molecular weight is 678 g/mol. The maximum Gasteiger partial charge on any atom is 0.0586 e. The zero-order valence-corrected chi connectivity index (χ0v) is 34.2. The Morgan fingerprint density at radius 3 is 0.729 bits per heavy atom. The third-order valence-electron chi connectivity index (χ3n) is 11.2. The largest absolute Gasteiger partial charge is 0.395 e. The van der Waals surface area contributed by atoms with E-state index in [1.807, 2.05) is 0 Å². The lowest BCUT2D eigenvalue weighted by Crippen LogP contribution is -2.39. The van der Waals surface area contributed by atoms with Gasteiger partial charge in [-0.2, -0.15) is 0 Å². The van der Waals surface area contributed by atoms with Gasteiger partial charge in [0.05, 0.1) is 6.61 Å². The molecule has 0 rings (SSSR count). The van der Waals surface area contributed by atoms with Crippen molar-refractivity contribution in [3.05, 3.63) is 0 Å². The molecule has 1 atom stereocenters. The number of rotatable bonds is 43. The summed E-state index contributed by atoms with van der Waals surface area (Å²) >= 11 is 0. The summed E-state index contributed by atoms with van der Waals surface area (Å²) in [6, 6.07) is 0.392. The molecular formula is C46H95NO.